The SMILES string of the molecule is CCNC(=O)[C@@H](C)N(Cc1ccc(C)cc1)C(=O)CCCN(c1cc(Cl)ccc1Cl)S(C)(=O)=O. The zero-order valence-corrected chi connectivity index (χ0v) is 22.2. The van der Waals surface area contributed by atoms with Crippen LogP contribution in [0.4, 0.5) is 5.69 Å². The van der Waals surface area contributed by atoms with Crippen LogP contribution in [0, 0.1) is 6.92 Å². The summed E-state index contributed by atoms with van der Waals surface area (Å²) in [7, 11) is -3.66. The van der Waals surface area contributed by atoms with Crippen LogP contribution in [0.1, 0.15) is 37.8 Å². The largest absolute Gasteiger partial charge is 0.355 e. The predicted octanol–water partition coefficient (Wildman–Crippen LogP) is 4.40. The number of carbonyl (C=O) groups is 2. The van der Waals surface area contributed by atoms with Crippen LogP contribution in [0.5, 0.6) is 0 Å². The second-order valence-electron chi connectivity index (χ2n) is 8.11. The van der Waals surface area contributed by atoms with Crippen molar-refractivity contribution in [2.45, 2.75) is 46.2 Å². The summed E-state index contributed by atoms with van der Waals surface area (Å²) in [6, 6.07) is 11.7. The molecular weight excluding hydrogens is 497 g/mol. The lowest BCUT2D eigenvalue weighted by Crippen LogP contribution is -2.47. The lowest BCUT2D eigenvalue weighted by molar-refractivity contribution is -0.140. The fraction of sp³-hybridized carbons (Fsp3) is 0.417. The molecule has 1 atom stereocenters. The molecular formula is C24H31Cl2N3O4S. The van der Waals surface area contributed by atoms with E-state index in [2.05, 4.69) is 5.32 Å². The van der Waals surface area contributed by atoms with Gasteiger partial charge in [0.2, 0.25) is 21.8 Å². The Bertz CT molecular complexity index is 1110. The van der Waals surface area contributed by atoms with Gasteiger partial charge >= 0.3 is 0 Å². The molecule has 0 unspecified atom stereocenters. The van der Waals surface area contributed by atoms with Crippen molar-refractivity contribution < 1.29 is 18.0 Å². The highest BCUT2D eigenvalue weighted by Crippen LogP contribution is 2.31. The number of halogens is 2. The first-order valence-electron chi connectivity index (χ1n) is 11.0. The molecule has 2 amide bonds. The number of nitrogens with one attached hydrogen (secondary N) is 1. The van der Waals surface area contributed by atoms with Crippen molar-refractivity contribution in [3.8, 4) is 0 Å². The van der Waals surface area contributed by atoms with Crippen LogP contribution in [0.3, 0.4) is 0 Å². The zero-order valence-electron chi connectivity index (χ0n) is 19.8. The number of aryl methyl sites for hydroxylation is 1. The molecule has 7 nitrogen and oxygen atoms in total. The third-order valence-electron chi connectivity index (χ3n) is 5.32. The molecule has 2 rings (SSSR count). The van der Waals surface area contributed by atoms with Gasteiger partial charge in [0.05, 0.1) is 17.0 Å². The molecule has 186 valence electrons. The lowest BCUT2D eigenvalue weighted by atomic mass is 10.1. The number of sulfonamides is 1. The Labute approximate surface area is 212 Å². The van der Waals surface area contributed by atoms with Crippen molar-refractivity contribution in [1.29, 1.82) is 0 Å². The number of amides is 2. The monoisotopic (exact) mass is 527 g/mol. The van der Waals surface area contributed by atoms with Crippen LogP contribution in [0.25, 0.3) is 0 Å². The maximum absolute atomic E-state index is 13.2. The molecule has 0 saturated carbocycles. The summed E-state index contributed by atoms with van der Waals surface area (Å²) in [6.07, 6.45) is 1.37. The number of carbonyl (C=O) groups excluding carboxylic acids is 2. The first kappa shape index (κ1) is 28.0. The molecule has 0 aliphatic carbocycles. The second-order valence-corrected chi connectivity index (χ2v) is 10.9. The quantitative estimate of drug-likeness (QED) is 0.469. The van der Waals surface area contributed by atoms with Crippen LogP contribution in [0.2, 0.25) is 10.0 Å². The van der Waals surface area contributed by atoms with E-state index >= 15 is 0 Å². The van der Waals surface area contributed by atoms with Gasteiger partial charge in [-0.3, -0.25) is 13.9 Å². The third kappa shape index (κ3) is 7.89. The average molecular weight is 529 g/mol. The Morgan fingerprint density at radius 2 is 1.74 bits per heavy atom. The Kier molecular flexibility index (Phi) is 10.2. The topological polar surface area (TPSA) is 86.8 Å². The maximum atomic E-state index is 13.2. The molecule has 2 aromatic carbocycles. The molecule has 0 radical (unpaired) electrons. The predicted molar refractivity (Wildman–Crippen MR) is 138 cm³/mol. The first-order chi connectivity index (χ1) is 15.9. The number of rotatable bonds is 11. The maximum Gasteiger partial charge on any atom is 0.242 e. The van der Waals surface area contributed by atoms with Crippen molar-refractivity contribution in [2.24, 2.45) is 0 Å². The van der Waals surface area contributed by atoms with Gasteiger partial charge in [0.25, 0.3) is 0 Å². The standard InChI is InChI=1S/C24H31Cl2N3O4S/c1-5-27-24(31)18(3)28(16-19-10-8-17(2)9-11-19)23(30)7-6-14-29(34(4,32)33)22-15-20(25)12-13-21(22)26/h8-13,15,18H,5-7,14,16H2,1-4H3,(H,27,31)/t18-/m1/s1. The summed E-state index contributed by atoms with van der Waals surface area (Å²) >= 11 is 12.2. The van der Waals surface area contributed by atoms with Crippen LogP contribution < -0.4 is 9.62 Å². The number of likely N-dealkylation sites (N-methyl/N-ethyl adjacent to an activating group) is 1. The van der Waals surface area contributed by atoms with Gasteiger partial charge in [-0.1, -0.05) is 53.0 Å². The van der Waals surface area contributed by atoms with E-state index in [-0.39, 0.29) is 48.5 Å². The van der Waals surface area contributed by atoms with E-state index in [1.807, 2.05) is 38.1 Å². The fourth-order valence-electron chi connectivity index (χ4n) is 3.45. The summed E-state index contributed by atoms with van der Waals surface area (Å²) in [6.45, 7) is 6.25. The smallest absolute Gasteiger partial charge is 0.242 e. The zero-order chi connectivity index (χ0) is 25.5. The number of benzene rings is 2. The van der Waals surface area contributed by atoms with E-state index < -0.39 is 16.1 Å². The molecule has 0 saturated heterocycles. The normalized spacial score (nSPS) is 12.2. The Hall–Kier alpha value is -2.29. The van der Waals surface area contributed by atoms with Gasteiger partial charge in [0, 0.05) is 31.1 Å². The molecule has 1 N–H and O–H groups in total. The van der Waals surface area contributed by atoms with Crippen LogP contribution in [-0.4, -0.2) is 50.5 Å². The molecule has 0 fully saturated rings. The van der Waals surface area contributed by atoms with E-state index in [1.165, 1.54) is 17.0 Å². The molecule has 0 spiro atoms. The van der Waals surface area contributed by atoms with Gasteiger partial charge < -0.3 is 10.2 Å². The van der Waals surface area contributed by atoms with Gasteiger partial charge in [0.1, 0.15) is 6.04 Å². The van der Waals surface area contributed by atoms with Gasteiger partial charge in [0.15, 0.2) is 0 Å². The highest BCUT2D eigenvalue weighted by atomic mass is 35.5. The number of anilines is 1. The number of hydrogen-bond acceptors (Lipinski definition) is 4. The third-order valence-corrected chi connectivity index (χ3v) is 7.06. The molecule has 0 aliphatic heterocycles. The minimum atomic E-state index is -3.66. The number of nitrogens with zero attached hydrogens (tertiary/aromatic N) is 2. The van der Waals surface area contributed by atoms with Crippen molar-refractivity contribution in [1.82, 2.24) is 10.2 Å². The van der Waals surface area contributed by atoms with Crippen molar-refractivity contribution in [3.63, 3.8) is 0 Å². The summed E-state index contributed by atoms with van der Waals surface area (Å²) in [5.74, 6) is -0.489. The van der Waals surface area contributed by atoms with E-state index in [0.29, 0.717) is 11.6 Å². The minimum absolute atomic E-state index is 0.0402. The van der Waals surface area contributed by atoms with Crippen molar-refractivity contribution >= 4 is 50.7 Å². The van der Waals surface area contributed by atoms with E-state index in [1.54, 1.807) is 13.0 Å². The molecule has 0 heterocycles. The van der Waals surface area contributed by atoms with E-state index in [4.69, 9.17) is 23.2 Å². The molecule has 34 heavy (non-hydrogen) atoms. The summed E-state index contributed by atoms with van der Waals surface area (Å²) in [5.41, 5.74) is 2.26. The minimum Gasteiger partial charge on any atom is -0.355 e. The van der Waals surface area contributed by atoms with Crippen molar-refractivity contribution in [2.75, 3.05) is 23.7 Å². The van der Waals surface area contributed by atoms with Crippen LogP contribution in [0.15, 0.2) is 42.5 Å². The molecule has 0 bridgehead atoms. The second kappa shape index (κ2) is 12.4. The van der Waals surface area contributed by atoms with Crippen LogP contribution >= 0.6 is 23.2 Å². The highest BCUT2D eigenvalue weighted by Gasteiger charge is 2.26. The van der Waals surface area contributed by atoms with E-state index in [9.17, 15) is 18.0 Å². The molecule has 0 aliphatic rings. The number of hydrogen-bond donors (Lipinski definition) is 1. The molecule has 10 heteroatoms. The summed E-state index contributed by atoms with van der Waals surface area (Å²) < 4.78 is 26.0. The molecule has 2 aromatic rings. The Morgan fingerprint density at radius 3 is 2.32 bits per heavy atom. The Morgan fingerprint density at radius 1 is 1.09 bits per heavy atom. The fourth-order valence-corrected chi connectivity index (χ4v) is 4.86. The van der Waals surface area contributed by atoms with Crippen molar-refractivity contribution in [3.05, 3.63) is 63.6 Å². The first-order valence-corrected chi connectivity index (χ1v) is 13.6. The van der Waals surface area contributed by atoms with Crippen LogP contribution in [-0.2, 0) is 26.2 Å². The Balaban J connectivity index is 2.18. The van der Waals surface area contributed by atoms with E-state index in [0.717, 1.165) is 21.7 Å². The summed E-state index contributed by atoms with van der Waals surface area (Å²) in [4.78, 5) is 27.2. The van der Waals surface area contributed by atoms with Gasteiger partial charge in [-0.25, -0.2) is 8.42 Å². The lowest BCUT2D eigenvalue weighted by Gasteiger charge is -2.29. The highest BCUT2D eigenvalue weighted by molar-refractivity contribution is 7.92. The average Bonchev–Trinajstić information content (AvgIpc) is 2.77. The van der Waals surface area contributed by atoms with Gasteiger partial charge in [-0.15, -0.1) is 0 Å². The van der Waals surface area contributed by atoms with Gasteiger partial charge in [-0.2, -0.15) is 0 Å². The molecule has 0 aromatic heterocycles. The van der Waals surface area contributed by atoms with Gasteiger partial charge in [-0.05, 0) is 51.0 Å². The summed E-state index contributed by atoms with van der Waals surface area (Å²) in [5, 5.41) is 3.35.